The molecule has 1 atom stereocenters. The summed E-state index contributed by atoms with van der Waals surface area (Å²) in [5.41, 5.74) is 0. The molecule has 3 aromatic rings. The second-order valence-corrected chi connectivity index (χ2v) is 9.92. The number of rotatable bonds is 5. The van der Waals surface area contributed by atoms with E-state index in [9.17, 15) is 13.2 Å². The number of sulfonamides is 1. The van der Waals surface area contributed by atoms with Crippen molar-refractivity contribution in [2.45, 2.75) is 17.1 Å². The summed E-state index contributed by atoms with van der Waals surface area (Å²) >= 11 is 6.84. The Balaban J connectivity index is 1.44. The van der Waals surface area contributed by atoms with Crippen LogP contribution in [0.1, 0.15) is 12.8 Å². The number of aromatic nitrogens is 3. The van der Waals surface area contributed by atoms with Gasteiger partial charge in [0.15, 0.2) is 0 Å². The highest BCUT2D eigenvalue weighted by Gasteiger charge is 2.34. The second kappa shape index (κ2) is 7.62. The van der Waals surface area contributed by atoms with Crippen LogP contribution >= 0.6 is 22.9 Å². The monoisotopic (exact) mass is 443 g/mol. The van der Waals surface area contributed by atoms with E-state index in [0.717, 1.165) is 11.3 Å². The quantitative estimate of drug-likeness (QED) is 0.636. The molecule has 1 N–H and O–H groups in total. The van der Waals surface area contributed by atoms with Gasteiger partial charge in [0.2, 0.25) is 11.7 Å². The number of nitrogens with zero attached hydrogens (tertiary/aromatic N) is 4. The zero-order chi connectivity index (χ0) is 19.7. The molecule has 4 rings (SSSR count). The molecule has 1 aliphatic heterocycles. The maximum atomic E-state index is 12.8. The summed E-state index contributed by atoms with van der Waals surface area (Å²) in [7, 11) is -3.69. The number of anilines is 1. The number of amides is 1. The van der Waals surface area contributed by atoms with Crippen LogP contribution in [0.25, 0.3) is 11.7 Å². The largest absolute Gasteiger partial charge is 0.400 e. The molecule has 0 aromatic carbocycles. The number of piperidine rings is 1. The van der Waals surface area contributed by atoms with E-state index in [-0.39, 0.29) is 28.4 Å². The van der Waals surface area contributed by atoms with E-state index in [1.165, 1.54) is 22.6 Å². The molecule has 0 saturated carbocycles. The normalized spacial score (nSPS) is 18.2. The third-order valence-electron chi connectivity index (χ3n) is 4.20. The van der Waals surface area contributed by atoms with E-state index in [1.807, 2.05) is 0 Å². The molecule has 1 fully saturated rings. The summed E-state index contributed by atoms with van der Waals surface area (Å²) in [4.78, 5) is 12.6. The van der Waals surface area contributed by atoms with Gasteiger partial charge in [-0.05, 0) is 25.0 Å². The summed E-state index contributed by atoms with van der Waals surface area (Å²) in [6.07, 6.45) is 2.53. The number of thiophene rings is 1. The fourth-order valence-electron chi connectivity index (χ4n) is 2.85. The first kappa shape index (κ1) is 19.1. The maximum Gasteiger partial charge on any atom is 0.322 e. The zero-order valence-electron chi connectivity index (χ0n) is 14.2. The minimum Gasteiger partial charge on any atom is -0.400 e. The van der Waals surface area contributed by atoms with Crippen LogP contribution in [0.15, 0.2) is 37.5 Å². The SMILES string of the molecule is O=C(Nc1nnc(-c2ccno2)o1)C1CCCN(S(=O)(=O)c2ccc(Cl)s2)C1. The Morgan fingerprint density at radius 2 is 2.18 bits per heavy atom. The number of carbonyl (C=O) groups is 1. The second-order valence-electron chi connectivity index (χ2n) is 6.04. The molecule has 1 unspecified atom stereocenters. The third-order valence-corrected chi connectivity index (χ3v) is 7.77. The van der Waals surface area contributed by atoms with Crippen molar-refractivity contribution in [2.75, 3.05) is 18.4 Å². The van der Waals surface area contributed by atoms with Gasteiger partial charge < -0.3 is 8.94 Å². The van der Waals surface area contributed by atoms with E-state index in [1.54, 1.807) is 6.07 Å². The van der Waals surface area contributed by atoms with Gasteiger partial charge in [0.1, 0.15) is 4.21 Å². The summed E-state index contributed by atoms with van der Waals surface area (Å²) < 4.78 is 37.6. The summed E-state index contributed by atoms with van der Waals surface area (Å²) in [6, 6.07) is 4.45. The number of carbonyl (C=O) groups excluding carboxylic acids is 1. The highest BCUT2D eigenvalue weighted by molar-refractivity contribution is 7.91. The predicted molar refractivity (Wildman–Crippen MR) is 99.2 cm³/mol. The molecule has 1 amide bonds. The minimum atomic E-state index is -3.69. The molecule has 4 heterocycles. The molecule has 0 aliphatic carbocycles. The molecule has 148 valence electrons. The Labute approximate surface area is 168 Å². The van der Waals surface area contributed by atoms with E-state index in [2.05, 4.69) is 20.7 Å². The van der Waals surface area contributed by atoms with Gasteiger partial charge in [-0.15, -0.1) is 16.4 Å². The van der Waals surface area contributed by atoms with E-state index in [0.29, 0.717) is 23.7 Å². The molecule has 0 spiro atoms. The van der Waals surface area contributed by atoms with Gasteiger partial charge in [-0.1, -0.05) is 21.9 Å². The molecule has 28 heavy (non-hydrogen) atoms. The lowest BCUT2D eigenvalue weighted by molar-refractivity contribution is -0.121. The van der Waals surface area contributed by atoms with Crippen molar-refractivity contribution in [3.8, 4) is 11.7 Å². The summed E-state index contributed by atoms with van der Waals surface area (Å²) in [5.74, 6) is -0.579. The van der Waals surface area contributed by atoms with Gasteiger partial charge >= 0.3 is 6.01 Å². The van der Waals surface area contributed by atoms with E-state index in [4.69, 9.17) is 20.5 Å². The molecule has 3 aromatic heterocycles. The zero-order valence-corrected chi connectivity index (χ0v) is 16.6. The number of hydrogen-bond acceptors (Lipinski definition) is 9. The van der Waals surface area contributed by atoms with Crippen molar-refractivity contribution in [2.24, 2.45) is 5.92 Å². The van der Waals surface area contributed by atoms with Gasteiger partial charge in [0.25, 0.3) is 15.9 Å². The maximum absolute atomic E-state index is 12.8. The Kier molecular flexibility index (Phi) is 5.19. The van der Waals surface area contributed by atoms with Crippen molar-refractivity contribution in [3.05, 3.63) is 28.7 Å². The topological polar surface area (TPSA) is 131 Å². The Bertz CT molecular complexity index is 1080. The van der Waals surface area contributed by atoms with Crippen LogP contribution in [-0.4, -0.2) is 47.1 Å². The molecule has 1 saturated heterocycles. The predicted octanol–water partition coefficient (Wildman–Crippen LogP) is 2.48. The van der Waals surface area contributed by atoms with Crippen molar-refractivity contribution in [1.29, 1.82) is 0 Å². The van der Waals surface area contributed by atoms with Crippen molar-refractivity contribution >= 4 is 44.9 Å². The van der Waals surface area contributed by atoms with Gasteiger partial charge in [-0.2, -0.15) is 4.31 Å². The van der Waals surface area contributed by atoms with Crippen LogP contribution in [0.5, 0.6) is 0 Å². The van der Waals surface area contributed by atoms with E-state index < -0.39 is 21.8 Å². The Hall–Kier alpha value is -2.28. The molecular formula is C15H14ClN5O5S2. The van der Waals surface area contributed by atoms with E-state index >= 15 is 0 Å². The summed E-state index contributed by atoms with van der Waals surface area (Å²) in [5, 5.41) is 13.6. The molecule has 10 nitrogen and oxygen atoms in total. The lowest BCUT2D eigenvalue weighted by Crippen LogP contribution is -2.43. The van der Waals surface area contributed by atoms with Crippen LogP contribution in [0.4, 0.5) is 6.01 Å². The van der Waals surface area contributed by atoms with Crippen LogP contribution in [-0.2, 0) is 14.8 Å². The first-order chi connectivity index (χ1) is 13.4. The standard InChI is InChI=1S/C15H14ClN5O5S2/c16-11-3-4-12(27-11)28(23,24)21-7-1-2-9(8-21)13(22)18-15-20-19-14(25-15)10-5-6-17-26-10/h3-6,9H,1-2,7-8H2,(H,18,20,22). The molecular weight excluding hydrogens is 430 g/mol. The minimum absolute atomic E-state index is 0.0623. The average Bonchev–Trinajstić information content (AvgIpc) is 3.43. The van der Waals surface area contributed by atoms with Gasteiger partial charge in [-0.3, -0.25) is 10.1 Å². The number of halogens is 1. The van der Waals surface area contributed by atoms with Crippen LogP contribution in [0.3, 0.4) is 0 Å². The highest BCUT2D eigenvalue weighted by Crippen LogP contribution is 2.31. The number of nitrogens with one attached hydrogen (secondary N) is 1. The summed E-state index contributed by atoms with van der Waals surface area (Å²) in [6.45, 7) is 0.407. The first-order valence-corrected chi connectivity index (χ1v) is 10.9. The van der Waals surface area contributed by atoms with Crippen molar-refractivity contribution in [3.63, 3.8) is 0 Å². The fourth-order valence-corrected chi connectivity index (χ4v) is 6.01. The fraction of sp³-hybridized carbons (Fsp3) is 0.333. The van der Waals surface area contributed by atoms with Crippen molar-refractivity contribution < 1.29 is 22.2 Å². The molecule has 0 radical (unpaired) electrons. The van der Waals surface area contributed by atoms with Gasteiger partial charge in [0, 0.05) is 19.2 Å². The smallest absolute Gasteiger partial charge is 0.322 e. The first-order valence-electron chi connectivity index (χ1n) is 8.24. The lowest BCUT2D eigenvalue weighted by Gasteiger charge is -2.30. The van der Waals surface area contributed by atoms with Crippen LogP contribution < -0.4 is 5.32 Å². The molecule has 0 bridgehead atoms. The Morgan fingerprint density at radius 3 is 2.89 bits per heavy atom. The Morgan fingerprint density at radius 1 is 1.32 bits per heavy atom. The average molecular weight is 444 g/mol. The lowest BCUT2D eigenvalue weighted by atomic mass is 9.99. The van der Waals surface area contributed by atoms with Crippen molar-refractivity contribution in [1.82, 2.24) is 19.7 Å². The molecule has 1 aliphatic rings. The van der Waals surface area contributed by atoms with Crippen LogP contribution in [0, 0.1) is 5.92 Å². The van der Waals surface area contributed by atoms with Crippen LogP contribution in [0.2, 0.25) is 4.34 Å². The third kappa shape index (κ3) is 3.81. The van der Waals surface area contributed by atoms with Gasteiger partial charge in [0.05, 0.1) is 16.5 Å². The van der Waals surface area contributed by atoms with Gasteiger partial charge in [-0.25, -0.2) is 8.42 Å². The molecule has 13 heteroatoms. The highest BCUT2D eigenvalue weighted by atomic mass is 35.5. The number of hydrogen-bond donors (Lipinski definition) is 1.